The number of carboxylic acid groups (broad SMARTS) is 1. The van der Waals surface area contributed by atoms with Gasteiger partial charge in [-0.1, -0.05) is 34.9 Å². The molecule has 0 rings (SSSR count). The minimum absolute atomic E-state index is 0.239. The fourth-order valence-corrected chi connectivity index (χ4v) is 3.36. The summed E-state index contributed by atoms with van der Waals surface area (Å²) in [7, 11) is 1.07. The van der Waals surface area contributed by atoms with Crippen LogP contribution in [0.5, 0.6) is 0 Å². The molecule has 0 spiro atoms. The SMILES string of the molecule is COC(=O)C(=O)N[C@@H](CCSC/C=C(\C)CC/C=C(\C)CCC=C(C)C)C(=O)O. The van der Waals surface area contributed by atoms with Crippen molar-refractivity contribution in [3.8, 4) is 0 Å². The van der Waals surface area contributed by atoms with Crippen molar-refractivity contribution in [2.24, 2.45) is 0 Å². The molecular weight excluding hydrogens is 390 g/mol. The fraction of sp³-hybridized carbons (Fsp3) is 0.591. The molecule has 7 heteroatoms. The second-order valence-corrected chi connectivity index (χ2v) is 8.33. The van der Waals surface area contributed by atoms with Gasteiger partial charge in [-0.15, -0.1) is 0 Å². The first-order valence-corrected chi connectivity index (χ1v) is 11.0. The molecule has 0 saturated carbocycles. The number of allylic oxidation sites excluding steroid dienone is 5. The lowest BCUT2D eigenvalue weighted by molar-refractivity contribution is -0.154. The van der Waals surface area contributed by atoms with E-state index in [1.165, 1.54) is 16.7 Å². The summed E-state index contributed by atoms with van der Waals surface area (Å²) in [5.41, 5.74) is 4.08. The summed E-state index contributed by atoms with van der Waals surface area (Å²) in [6, 6.07) is -1.10. The fourth-order valence-electron chi connectivity index (χ4n) is 2.39. The summed E-state index contributed by atoms with van der Waals surface area (Å²) < 4.78 is 4.27. The number of carboxylic acids is 1. The summed E-state index contributed by atoms with van der Waals surface area (Å²) in [6.07, 6.45) is 11.2. The highest BCUT2D eigenvalue weighted by Crippen LogP contribution is 2.13. The van der Waals surface area contributed by atoms with Crippen molar-refractivity contribution < 1.29 is 24.2 Å². The maximum atomic E-state index is 11.4. The van der Waals surface area contributed by atoms with E-state index in [-0.39, 0.29) is 6.42 Å². The Morgan fingerprint density at radius 1 is 1.00 bits per heavy atom. The number of amides is 1. The number of rotatable bonds is 13. The summed E-state index contributed by atoms with van der Waals surface area (Å²) in [5, 5.41) is 11.3. The molecule has 0 aromatic rings. The topological polar surface area (TPSA) is 92.7 Å². The van der Waals surface area contributed by atoms with E-state index >= 15 is 0 Å². The number of carbonyl (C=O) groups excluding carboxylic acids is 2. The van der Waals surface area contributed by atoms with E-state index in [2.05, 4.69) is 56.0 Å². The van der Waals surface area contributed by atoms with Crippen molar-refractivity contribution in [2.45, 2.75) is 65.8 Å². The molecule has 0 aliphatic rings. The van der Waals surface area contributed by atoms with Gasteiger partial charge in [0.2, 0.25) is 0 Å². The van der Waals surface area contributed by atoms with Crippen molar-refractivity contribution in [2.75, 3.05) is 18.6 Å². The Hall–Kier alpha value is -2.02. The molecule has 0 aliphatic carbocycles. The lowest BCUT2D eigenvalue weighted by atomic mass is 10.1. The Morgan fingerprint density at radius 2 is 1.59 bits per heavy atom. The smallest absolute Gasteiger partial charge is 0.396 e. The van der Waals surface area contributed by atoms with Crippen molar-refractivity contribution >= 4 is 29.6 Å². The number of nitrogens with one attached hydrogen (secondary N) is 1. The highest BCUT2D eigenvalue weighted by Gasteiger charge is 2.23. The van der Waals surface area contributed by atoms with E-state index in [1.807, 2.05) is 0 Å². The van der Waals surface area contributed by atoms with Gasteiger partial charge >= 0.3 is 17.8 Å². The highest BCUT2D eigenvalue weighted by molar-refractivity contribution is 7.99. The first-order valence-electron chi connectivity index (χ1n) is 9.81. The van der Waals surface area contributed by atoms with Crippen LogP contribution in [0.4, 0.5) is 0 Å². The van der Waals surface area contributed by atoms with E-state index in [4.69, 9.17) is 5.11 Å². The van der Waals surface area contributed by atoms with Crippen LogP contribution in [-0.4, -0.2) is 47.6 Å². The van der Waals surface area contributed by atoms with Crippen LogP contribution in [0.1, 0.15) is 59.8 Å². The number of carbonyl (C=O) groups is 3. The Morgan fingerprint density at radius 3 is 2.14 bits per heavy atom. The van der Waals surface area contributed by atoms with Gasteiger partial charge in [0, 0.05) is 5.75 Å². The van der Waals surface area contributed by atoms with Gasteiger partial charge < -0.3 is 15.2 Å². The number of aliphatic carboxylic acids is 1. The Bertz CT molecular complexity index is 633. The van der Waals surface area contributed by atoms with E-state index in [0.29, 0.717) is 5.75 Å². The number of thioether (sulfide) groups is 1. The third-order valence-corrected chi connectivity index (χ3v) is 5.12. The minimum atomic E-state index is -1.17. The van der Waals surface area contributed by atoms with Crippen LogP contribution in [0.15, 0.2) is 34.9 Å². The average Bonchev–Trinajstić information content (AvgIpc) is 2.65. The summed E-state index contributed by atoms with van der Waals surface area (Å²) in [4.78, 5) is 33.7. The van der Waals surface area contributed by atoms with Gasteiger partial charge in [0.05, 0.1) is 7.11 Å². The molecule has 1 amide bonds. The third kappa shape index (κ3) is 14.6. The predicted octanol–water partition coefficient (Wildman–Crippen LogP) is 4.27. The molecule has 0 aliphatic heterocycles. The van der Waals surface area contributed by atoms with E-state index in [0.717, 1.165) is 38.5 Å². The van der Waals surface area contributed by atoms with E-state index < -0.39 is 23.9 Å². The third-order valence-electron chi connectivity index (χ3n) is 4.20. The molecule has 0 heterocycles. The van der Waals surface area contributed by atoms with Crippen molar-refractivity contribution in [1.29, 1.82) is 0 Å². The molecule has 0 fully saturated rings. The number of ether oxygens (including phenoxy) is 1. The molecule has 0 radical (unpaired) electrons. The van der Waals surface area contributed by atoms with Crippen molar-refractivity contribution in [3.05, 3.63) is 34.9 Å². The Kier molecular flexibility index (Phi) is 14.7. The Balaban J connectivity index is 4.15. The maximum Gasteiger partial charge on any atom is 0.396 e. The molecule has 6 nitrogen and oxygen atoms in total. The van der Waals surface area contributed by atoms with Gasteiger partial charge in [0.15, 0.2) is 0 Å². The number of methoxy groups -OCH3 is 1. The van der Waals surface area contributed by atoms with Crippen LogP contribution in [0.25, 0.3) is 0 Å². The maximum absolute atomic E-state index is 11.4. The van der Waals surface area contributed by atoms with Crippen LogP contribution in [-0.2, 0) is 19.1 Å². The van der Waals surface area contributed by atoms with E-state index in [9.17, 15) is 14.4 Å². The first kappa shape index (κ1) is 27.0. The van der Waals surface area contributed by atoms with Crippen LogP contribution in [0.2, 0.25) is 0 Å². The highest BCUT2D eigenvalue weighted by atomic mass is 32.2. The van der Waals surface area contributed by atoms with E-state index in [1.54, 1.807) is 11.8 Å². The number of hydrogen-bond donors (Lipinski definition) is 2. The quantitative estimate of drug-likeness (QED) is 0.198. The lowest BCUT2D eigenvalue weighted by Crippen LogP contribution is -2.44. The van der Waals surface area contributed by atoms with Gasteiger partial charge in [-0.25, -0.2) is 9.59 Å². The second kappa shape index (κ2) is 15.9. The second-order valence-electron chi connectivity index (χ2n) is 7.18. The van der Waals surface area contributed by atoms with Gasteiger partial charge in [0.25, 0.3) is 0 Å². The number of hydrogen-bond acceptors (Lipinski definition) is 5. The van der Waals surface area contributed by atoms with Gasteiger partial charge in [0.1, 0.15) is 6.04 Å². The molecule has 2 N–H and O–H groups in total. The zero-order valence-corrected chi connectivity index (χ0v) is 19.1. The molecule has 29 heavy (non-hydrogen) atoms. The van der Waals surface area contributed by atoms with Gasteiger partial charge in [-0.05, 0) is 65.6 Å². The number of esters is 1. The molecule has 1 atom stereocenters. The zero-order chi connectivity index (χ0) is 22.2. The van der Waals surface area contributed by atoms with Crippen molar-refractivity contribution in [1.82, 2.24) is 5.32 Å². The molecule has 0 aromatic heterocycles. The average molecular weight is 426 g/mol. The molecule has 0 bridgehead atoms. The summed E-state index contributed by atoms with van der Waals surface area (Å²) in [5.74, 6) is -1.95. The molecule has 0 saturated heterocycles. The molecule has 164 valence electrons. The minimum Gasteiger partial charge on any atom is -0.480 e. The molecule has 0 aromatic carbocycles. The van der Waals surface area contributed by atoms with Gasteiger partial charge in [-0.3, -0.25) is 4.79 Å². The van der Waals surface area contributed by atoms with Crippen LogP contribution >= 0.6 is 11.8 Å². The largest absolute Gasteiger partial charge is 0.480 e. The van der Waals surface area contributed by atoms with Crippen LogP contribution < -0.4 is 5.32 Å². The van der Waals surface area contributed by atoms with Crippen LogP contribution in [0.3, 0.4) is 0 Å². The first-order chi connectivity index (χ1) is 13.7. The Labute approximate surface area is 178 Å². The normalized spacial score (nSPS) is 12.9. The summed E-state index contributed by atoms with van der Waals surface area (Å²) >= 11 is 1.59. The monoisotopic (exact) mass is 425 g/mol. The summed E-state index contributed by atoms with van der Waals surface area (Å²) in [6.45, 7) is 8.51. The molecule has 0 unspecified atom stereocenters. The molecular formula is C22H35NO5S. The lowest BCUT2D eigenvalue weighted by Gasteiger charge is -2.13. The van der Waals surface area contributed by atoms with Crippen LogP contribution in [0, 0.1) is 0 Å². The van der Waals surface area contributed by atoms with Crippen molar-refractivity contribution in [3.63, 3.8) is 0 Å². The zero-order valence-electron chi connectivity index (χ0n) is 18.2. The van der Waals surface area contributed by atoms with Gasteiger partial charge in [-0.2, -0.15) is 11.8 Å². The predicted molar refractivity (Wildman–Crippen MR) is 119 cm³/mol. The standard InChI is InChI=1S/C22H35NO5S/c1-16(2)8-6-9-17(3)10-7-11-18(4)12-14-29-15-13-19(21(25)26)23-20(24)22(27)28-5/h8,10,12,19H,6-7,9,11,13-15H2,1-5H3,(H,23,24)(H,25,26)/b17-10+,18-12+/t19-/m0/s1.